The summed E-state index contributed by atoms with van der Waals surface area (Å²) in [6.07, 6.45) is 13.5. The van der Waals surface area contributed by atoms with E-state index in [0.717, 1.165) is 24.1 Å². The number of unbranched alkanes of at least 4 members (excludes halogenated alkanes) is 9. The zero-order chi connectivity index (χ0) is 16.9. The van der Waals surface area contributed by atoms with Crippen molar-refractivity contribution in [3.05, 3.63) is 42.5 Å². The van der Waals surface area contributed by atoms with E-state index in [0.29, 0.717) is 0 Å². The van der Waals surface area contributed by atoms with Crippen molar-refractivity contribution < 1.29 is 4.74 Å². The molecule has 24 heavy (non-hydrogen) atoms. The highest BCUT2D eigenvalue weighted by Crippen LogP contribution is 2.21. The van der Waals surface area contributed by atoms with Gasteiger partial charge in [0, 0.05) is 5.33 Å². The Morgan fingerprint density at radius 1 is 0.625 bits per heavy atom. The van der Waals surface area contributed by atoms with Crippen LogP contribution < -0.4 is 4.74 Å². The van der Waals surface area contributed by atoms with Crippen LogP contribution in [0.2, 0.25) is 0 Å². The summed E-state index contributed by atoms with van der Waals surface area (Å²) in [5.41, 5.74) is 0. The van der Waals surface area contributed by atoms with E-state index in [1.54, 1.807) is 0 Å². The molecule has 0 bridgehead atoms. The predicted octanol–water partition coefficient (Wildman–Crippen LogP) is 7.51. The lowest BCUT2D eigenvalue weighted by molar-refractivity contribution is 0.304. The third-order valence-corrected chi connectivity index (χ3v) is 5.08. The van der Waals surface area contributed by atoms with E-state index in [2.05, 4.69) is 58.4 Å². The first-order valence-corrected chi connectivity index (χ1v) is 10.7. The average Bonchev–Trinajstić information content (AvgIpc) is 2.62. The van der Waals surface area contributed by atoms with Crippen LogP contribution in [-0.4, -0.2) is 11.9 Å². The Bertz CT molecular complexity index is 567. The quantitative estimate of drug-likeness (QED) is 0.253. The molecule has 0 aliphatic carbocycles. The number of rotatable bonds is 13. The minimum Gasteiger partial charge on any atom is -0.494 e. The first-order chi connectivity index (χ1) is 11.9. The van der Waals surface area contributed by atoms with Crippen LogP contribution in [-0.2, 0) is 0 Å². The van der Waals surface area contributed by atoms with Crippen molar-refractivity contribution in [2.75, 3.05) is 11.9 Å². The van der Waals surface area contributed by atoms with Gasteiger partial charge in [0.05, 0.1) is 6.61 Å². The topological polar surface area (TPSA) is 9.23 Å². The molecular weight excluding hydrogens is 360 g/mol. The Hall–Kier alpha value is -1.02. The summed E-state index contributed by atoms with van der Waals surface area (Å²) in [5, 5.41) is 3.69. The van der Waals surface area contributed by atoms with Crippen LogP contribution in [0.5, 0.6) is 5.75 Å². The fourth-order valence-electron chi connectivity index (χ4n) is 3.06. The number of hydrogen-bond donors (Lipinski definition) is 0. The van der Waals surface area contributed by atoms with E-state index in [9.17, 15) is 0 Å². The van der Waals surface area contributed by atoms with Crippen molar-refractivity contribution in [2.45, 2.75) is 64.2 Å². The van der Waals surface area contributed by atoms with E-state index in [4.69, 9.17) is 4.74 Å². The van der Waals surface area contributed by atoms with E-state index >= 15 is 0 Å². The normalized spacial score (nSPS) is 11.0. The van der Waals surface area contributed by atoms with Crippen LogP contribution >= 0.6 is 15.9 Å². The monoisotopic (exact) mass is 390 g/mol. The lowest BCUT2D eigenvalue weighted by Crippen LogP contribution is -1.97. The molecule has 0 fully saturated rings. The summed E-state index contributed by atoms with van der Waals surface area (Å²) in [6.45, 7) is 0.838. The van der Waals surface area contributed by atoms with Crippen LogP contribution in [0.1, 0.15) is 64.2 Å². The second kappa shape index (κ2) is 12.4. The second-order valence-corrected chi connectivity index (χ2v) is 7.37. The Kier molecular flexibility index (Phi) is 9.94. The van der Waals surface area contributed by atoms with Gasteiger partial charge in [0.2, 0.25) is 0 Å². The average molecular weight is 391 g/mol. The van der Waals surface area contributed by atoms with Gasteiger partial charge in [0.15, 0.2) is 0 Å². The number of fused-ring (bicyclic) bond motifs is 1. The molecule has 2 aromatic rings. The SMILES string of the molecule is BrCCCCCCCCCCCCOc1ccc2ccccc2c1. The van der Waals surface area contributed by atoms with E-state index in [1.165, 1.54) is 68.6 Å². The molecular formula is C22H31BrO. The highest BCUT2D eigenvalue weighted by Gasteiger charge is 1.97. The first-order valence-electron chi connectivity index (χ1n) is 9.58. The van der Waals surface area contributed by atoms with Gasteiger partial charge in [0.25, 0.3) is 0 Å². The molecule has 0 spiro atoms. The molecule has 2 aromatic carbocycles. The van der Waals surface area contributed by atoms with E-state index < -0.39 is 0 Å². The van der Waals surface area contributed by atoms with Crippen molar-refractivity contribution in [1.29, 1.82) is 0 Å². The zero-order valence-electron chi connectivity index (χ0n) is 14.8. The smallest absolute Gasteiger partial charge is 0.119 e. The van der Waals surface area contributed by atoms with E-state index in [1.807, 2.05) is 0 Å². The Balaban J connectivity index is 1.46. The minimum absolute atomic E-state index is 0.838. The summed E-state index contributed by atoms with van der Waals surface area (Å²) in [6, 6.07) is 14.8. The van der Waals surface area contributed by atoms with Crippen molar-refractivity contribution in [1.82, 2.24) is 0 Å². The Morgan fingerprint density at radius 2 is 1.21 bits per heavy atom. The van der Waals surface area contributed by atoms with Crippen LogP contribution in [0, 0.1) is 0 Å². The van der Waals surface area contributed by atoms with Gasteiger partial charge in [-0.25, -0.2) is 0 Å². The third-order valence-electron chi connectivity index (χ3n) is 4.52. The third kappa shape index (κ3) is 7.70. The molecule has 0 saturated heterocycles. The van der Waals surface area contributed by atoms with Crippen molar-refractivity contribution in [3.8, 4) is 5.75 Å². The predicted molar refractivity (Wildman–Crippen MR) is 109 cm³/mol. The Morgan fingerprint density at radius 3 is 1.88 bits per heavy atom. The molecule has 0 radical (unpaired) electrons. The van der Waals surface area contributed by atoms with Gasteiger partial charge in [-0.2, -0.15) is 0 Å². The second-order valence-electron chi connectivity index (χ2n) is 6.58. The summed E-state index contributed by atoms with van der Waals surface area (Å²) in [4.78, 5) is 0. The molecule has 132 valence electrons. The van der Waals surface area contributed by atoms with Crippen LogP contribution in [0.25, 0.3) is 10.8 Å². The first kappa shape index (κ1) is 19.3. The molecule has 2 heteroatoms. The number of hydrogen-bond acceptors (Lipinski definition) is 1. The van der Waals surface area contributed by atoms with Crippen molar-refractivity contribution in [2.24, 2.45) is 0 Å². The molecule has 0 N–H and O–H groups in total. The van der Waals surface area contributed by atoms with Crippen LogP contribution in [0.3, 0.4) is 0 Å². The summed E-state index contributed by atoms with van der Waals surface area (Å²) in [5.74, 6) is 0.997. The Labute approximate surface area is 155 Å². The highest BCUT2D eigenvalue weighted by molar-refractivity contribution is 9.09. The fraction of sp³-hybridized carbons (Fsp3) is 0.545. The maximum Gasteiger partial charge on any atom is 0.119 e. The van der Waals surface area contributed by atoms with Gasteiger partial charge < -0.3 is 4.74 Å². The van der Waals surface area contributed by atoms with Gasteiger partial charge in [-0.3, -0.25) is 0 Å². The number of halogens is 1. The van der Waals surface area contributed by atoms with E-state index in [-0.39, 0.29) is 0 Å². The maximum atomic E-state index is 5.89. The standard InChI is InChI=1S/C22H31BrO/c23-17-11-7-5-3-1-2-4-6-8-12-18-24-22-16-15-20-13-9-10-14-21(20)19-22/h9-10,13-16,19H,1-8,11-12,17-18H2. The lowest BCUT2D eigenvalue weighted by atomic mass is 10.1. The number of alkyl halides is 1. The molecule has 0 aliphatic heterocycles. The van der Waals surface area contributed by atoms with Gasteiger partial charge in [-0.15, -0.1) is 0 Å². The maximum absolute atomic E-state index is 5.89. The van der Waals surface area contributed by atoms with Gasteiger partial charge >= 0.3 is 0 Å². The summed E-state index contributed by atoms with van der Waals surface area (Å²) >= 11 is 3.49. The molecule has 0 aromatic heterocycles. The lowest BCUT2D eigenvalue weighted by Gasteiger charge is -2.07. The molecule has 1 nitrogen and oxygen atoms in total. The molecule has 2 rings (SSSR count). The molecule has 0 heterocycles. The minimum atomic E-state index is 0.838. The largest absolute Gasteiger partial charge is 0.494 e. The molecule has 0 saturated carbocycles. The summed E-state index contributed by atoms with van der Waals surface area (Å²) < 4.78 is 5.89. The fourth-order valence-corrected chi connectivity index (χ4v) is 3.45. The van der Waals surface area contributed by atoms with Crippen molar-refractivity contribution in [3.63, 3.8) is 0 Å². The molecule has 0 amide bonds. The molecule has 0 atom stereocenters. The molecule has 0 unspecified atom stereocenters. The van der Waals surface area contributed by atoms with Crippen LogP contribution in [0.4, 0.5) is 0 Å². The van der Waals surface area contributed by atoms with Crippen molar-refractivity contribution >= 4 is 26.7 Å². The van der Waals surface area contributed by atoms with Gasteiger partial charge in [-0.1, -0.05) is 97.6 Å². The number of ether oxygens (including phenoxy) is 1. The number of benzene rings is 2. The zero-order valence-corrected chi connectivity index (χ0v) is 16.4. The summed E-state index contributed by atoms with van der Waals surface area (Å²) in [7, 11) is 0. The van der Waals surface area contributed by atoms with Crippen LogP contribution in [0.15, 0.2) is 42.5 Å². The van der Waals surface area contributed by atoms with Gasteiger partial charge in [-0.05, 0) is 35.7 Å². The molecule has 0 aliphatic rings. The highest BCUT2D eigenvalue weighted by atomic mass is 79.9. The van der Waals surface area contributed by atoms with Gasteiger partial charge in [0.1, 0.15) is 5.75 Å².